The van der Waals surface area contributed by atoms with E-state index in [1.54, 1.807) is 6.20 Å². The molecule has 0 amide bonds. The largest absolute Gasteiger partial charge is 0.366 e. The summed E-state index contributed by atoms with van der Waals surface area (Å²) in [7, 11) is 0. The van der Waals surface area contributed by atoms with Crippen LogP contribution in [0.4, 0.5) is 11.8 Å². The van der Waals surface area contributed by atoms with Crippen molar-refractivity contribution in [2.24, 2.45) is 0 Å². The van der Waals surface area contributed by atoms with Gasteiger partial charge in [0, 0.05) is 6.04 Å². The van der Waals surface area contributed by atoms with E-state index in [0.29, 0.717) is 12.0 Å². The molecule has 1 aromatic carbocycles. The van der Waals surface area contributed by atoms with Crippen LogP contribution in [0.3, 0.4) is 0 Å². The molecule has 5 heteroatoms. The number of hydrogen-bond donors (Lipinski definition) is 2. The summed E-state index contributed by atoms with van der Waals surface area (Å²) >= 11 is 0. The Morgan fingerprint density at radius 1 is 1.04 bits per heavy atom. The summed E-state index contributed by atoms with van der Waals surface area (Å²) in [5.74, 6) is 1.38. The molecule has 1 fully saturated rings. The fourth-order valence-electron chi connectivity index (χ4n) is 3.09. The van der Waals surface area contributed by atoms with E-state index in [-0.39, 0.29) is 6.04 Å². The van der Waals surface area contributed by atoms with Crippen LogP contribution in [0.1, 0.15) is 57.1 Å². The highest BCUT2D eigenvalue weighted by atomic mass is 15.3. The minimum Gasteiger partial charge on any atom is -0.366 e. The van der Waals surface area contributed by atoms with Gasteiger partial charge in [-0.05, 0) is 25.3 Å². The quantitative estimate of drug-likeness (QED) is 0.811. The van der Waals surface area contributed by atoms with Gasteiger partial charge in [0.05, 0.1) is 12.2 Å². The molecule has 1 unspecified atom stereocenters. The van der Waals surface area contributed by atoms with Gasteiger partial charge >= 0.3 is 0 Å². The van der Waals surface area contributed by atoms with E-state index in [2.05, 4.69) is 44.9 Å². The molecule has 1 heterocycles. The van der Waals surface area contributed by atoms with E-state index in [4.69, 9.17) is 0 Å². The van der Waals surface area contributed by atoms with Crippen LogP contribution in [0.15, 0.2) is 36.5 Å². The van der Waals surface area contributed by atoms with Gasteiger partial charge in [0.15, 0.2) is 5.82 Å². The van der Waals surface area contributed by atoms with Crippen molar-refractivity contribution >= 4 is 11.8 Å². The Hall–Kier alpha value is -2.17. The molecule has 0 saturated heterocycles. The second-order valence-corrected chi connectivity index (χ2v) is 6.27. The zero-order valence-electron chi connectivity index (χ0n) is 13.7. The number of hydrogen-bond acceptors (Lipinski definition) is 5. The first-order chi connectivity index (χ1) is 11.3. The standard InChI is InChI=1S/C18H25N5/c1-14(15-9-5-4-6-10-15)20-18-22-17(13-19-23-18)21-16-11-7-2-3-8-12-16/h4-6,9-10,13-14,16H,2-3,7-8,11-12H2,1H3,(H2,20,21,22,23). The lowest BCUT2D eigenvalue weighted by atomic mass is 10.1. The number of aromatic nitrogens is 3. The van der Waals surface area contributed by atoms with Crippen molar-refractivity contribution < 1.29 is 0 Å². The van der Waals surface area contributed by atoms with E-state index in [0.717, 1.165) is 5.82 Å². The molecule has 1 atom stereocenters. The maximum atomic E-state index is 4.57. The van der Waals surface area contributed by atoms with Gasteiger partial charge in [0.1, 0.15) is 0 Å². The van der Waals surface area contributed by atoms with E-state index in [9.17, 15) is 0 Å². The molecule has 0 radical (unpaired) electrons. The summed E-state index contributed by atoms with van der Waals surface area (Å²) in [6.45, 7) is 2.10. The minimum absolute atomic E-state index is 0.145. The normalized spacial score (nSPS) is 17.3. The Morgan fingerprint density at radius 3 is 2.52 bits per heavy atom. The first-order valence-corrected chi connectivity index (χ1v) is 8.59. The number of anilines is 2. The van der Waals surface area contributed by atoms with Gasteiger partial charge in [0.25, 0.3) is 0 Å². The first-order valence-electron chi connectivity index (χ1n) is 8.59. The zero-order valence-corrected chi connectivity index (χ0v) is 13.7. The summed E-state index contributed by atoms with van der Waals surface area (Å²) in [6.07, 6.45) is 9.44. The molecule has 0 spiro atoms. The van der Waals surface area contributed by atoms with Gasteiger partial charge in [-0.15, -0.1) is 5.10 Å². The summed E-state index contributed by atoms with van der Waals surface area (Å²) in [6, 6.07) is 10.9. The molecule has 0 bridgehead atoms. The fourth-order valence-corrected chi connectivity index (χ4v) is 3.09. The van der Waals surface area contributed by atoms with E-state index < -0.39 is 0 Å². The van der Waals surface area contributed by atoms with Gasteiger partial charge in [-0.1, -0.05) is 56.0 Å². The molecule has 3 rings (SSSR count). The van der Waals surface area contributed by atoms with Crippen molar-refractivity contribution in [1.29, 1.82) is 0 Å². The molecule has 23 heavy (non-hydrogen) atoms. The molecule has 1 saturated carbocycles. The number of benzene rings is 1. The van der Waals surface area contributed by atoms with Crippen LogP contribution in [0.25, 0.3) is 0 Å². The maximum Gasteiger partial charge on any atom is 0.245 e. The second kappa shape index (κ2) is 7.90. The van der Waals surface area contributed by atoms with Crippen LogP contribution < -0.4 is 10.6 Å². The number of rotatable bonds is 5. The van der Waals surface area contributed by atoms with Crippen molar-refractivity contribution in [3.05, 3.63) is 42.1 Å². The Bertz CT molecular complexity index is 593. The van der Waals surface area contributed by atoms with Gasteiger partial charge < -0.3 is 10.6 Å². The molecule has 0 aliphatic heterocycles. The van der Waals surface area contributed by atoms with E-state index in [1.165, 1.54) is 44.1 Å². The average Bonchev–Trinajstić information content (AvgIpc) is 2.85. The van der Waals surface area contributed by atoms with Crippen molar-refractivity contribution in [3.63, 3.8) is 0 Å². The highest BCUT2D eigenvalue weighted by Crippen LogP contribution is 2.21. The van der Waals surface area contributed by atoms with Crippen molar-refractivity contribution in [3.8, 4) is 0 Å². The zero-order chi connectivity index (χ0) is 15.9. The molecule has 122 valence electrons. The van der Waals surface area contributed by atoms with Gasteiger partial charge in [-0.2, -0.15) is 10.1 Å². The Kier molecular flexibility index (Phi) is 5.40. The molecule has 1 aliphatic carbocycles. The number of nitrogens with one attached hydrogen (secondary N) is 2. The van der Waals surface area contributed by atoms with E-state index >= 15 is 0 Å². The van der Waals surface area contributed by atoms with Crippen LogP contribution in [0, 0.1) is 0 Å². The summed E-state index contributed by atoms with van der Waals surface area (Å²) in [4.78, 5) is 4.57. The number of nitrogens with zero attached hydrogens (tertiary/aromatic N) is 3. The monoisotopic (exact) mass is 311 g/mol. The third-order valence-electron chi connectivity index (χ3n) is 4.41. The van der Waals surface area contributed by atoms with Crippen LogP contribution >= 0.6 is 0 Å². The van der Waals surface area contributed by atoms with Crippen LogP contribution in [-0.2, 0) is 0 Å². The maximum absolute atomic E-state index is 4.57. The van der Waals surface area contributed by atoms with Crippen molar-refractivity contribution in [1.82, 2.24) is 15.2 Å². The fraction of sp³-hybridized carbons (Fsp3) is 0.500. The Morgan fingerprint density at radius 2 is 1.78 bits per heavy atom. The highest BCUT2D eigenvalue weighted by molar-refractivity contribution is 5.39. The highest BCUT2D eigenvalue weighted by Gasteiger charge is 2.13. The molecule has 1 aliphatic rings. The lowest BCUT2D eigenvalue weighted by Crippen LogP contribution is -2.20. The van der Waals surface area contributed by atoms with Crippen LogP contribution in [0.5, 0.6) is 0 Å². The minimum atomic E-state index is 0.145. The lowest BCUT2D eigenvalue weighted by Gasteiger charge is -2.18. The molecule has 2 N–H and O–H groups in total. The van der Waals surface area contributed by atoms with Crippen LogP contribution in [-0.4, -0.2) is 21.2 Å². The molecular formula is C18H25N5. The van der Waals surface area contributed by atoms with Crippen molar-refractivity contribution in [2.45, 2.75) is 57.5 Å². The Labute approximate surface area is 137 Å². The van der Waals surface area contributed by atoms with Gasteiger partial charge in [-0.3, -0.25) is 0 Å². The predicted molar refractivity (Wildman–Crippen MR) is 93.4 cm³/mol. The third-order valence-corrected chi connectivity index (χ3v) is 4.41. The predicted octanol–water partition coefficient (Wildman–Crippen LogP) is 4.18. The summed E-state index contributed by atoms with van der Waals surface area (Å²) in [5.41, 5.74) is 1.21. The second-order valence-electron chi connectivity index (χ2n) is 6.27. The van der Waals surface area contributed by atoms with E-state index in [1.807, 2.05) is 18.2 Å². The van der Waals surface area contributed by atoms with Gasteiger partial charge in [0.2, 0.25) is 5.95 Å². The first kappa shape index (κ1) is 15.7. The summed E-state index contributed by atoms with van der Waals surface area (Å²) < 4.78 is 0. The SMILES string of the molecule is CC(Nc1nncc(NC2CCCCCC2)n1)c1ccccc1. The molecule has 2 aromatic rings. The smallest absolute Gasteiger partial charge is 0.245 e. The topological polar surface area (TPSA) is 62.7 Å². The lowest BCUT2D eigenvalue weighted by molar-refractivity contribution is 0.616. The molecular weight excluding hydrogens is 286 g/mol. The molecule has 1 aromatic heterocycles. The summed E-state index contributed by atoms with van der Waals surface area (Å²) in [5, 5.41) is 15.0. The Balaban J connectivity index is 1.62. The molecule has 5 nitrogen and oxygen atoms in total. The third kappa shape index (κ3) is 4.65. The average molecular weight is 311 g/mol. The van der Waals surface area contributed by atoms with Gasteiger partial charge in [-0.25, -0.2) is 0 Å². The van der Waals surface area contributed by atoms with Crippen LogP contribution in [0.2, 0.25) is 0 Å². The van der Waals surface area contributed by atoms with Crippen molar-refractivity contribution in [2.75, 3.05) is 10.6 Å².